The molecule has 0 radical (unpaired) electrons. The van der Waals surface area contributed by atoms with E-state index in [0.717, 1.165) is 28.5 Å². The Morgan fingerprint density at radius 2 is 1.74 bits per heavy atom. The topological polar surface area (TPSA) is 125 Å². The molecule has 2 aromatic heterocycles. The number of hydrogen-bond donors (Lipinski definition) is 1. The Balaban J connectivity index is 1.37. The first-order valence-electron chi connectivity index (χ1n) is 15.3. The molecule has 1 N–H and O–H groups in total. The Labute approximate surface area is 272 Å². The Hall–Kier alpha value is -4.48. The van der Waals surface area contributed by atoms with Crippen LogP contribution in [0.5, 0.6) is 0 Å². The van der Waals surface area contributed by atoms with Crippen molar-refractivity contribution >= 4 is 34.4 Å². The third kappa shape index (κ3) is 6.42. The van der Waals surface area contributed by atoms with Crippen LogP contribution in [0.15, 0.2) is 30.3 Å². The van der Waals surface area contributed by atoms with Gasteiger partial charge in [0, 0.05) is 42.2 Å². The van der Waals surface area contributed by atoms with Crippen LogP contribution in [-0.4, -0.2) is 79.3 Å². The van der Waals surface area contributed by atoms with Crippen LogP contribution in [0.25, 0.3) is 32.6 Å². The van der Waals surface area contributed by atoms with E-state index in [0.29, 0.717) is 32.4 Å². The third-order valence-corrected chi connectivity index (χ3v) is 9.59. The molecule has 1 saturated heterocycles. The van der Waals surface area contributed by atoms with Crippen LogP contribution in [0, 0.1) is 28.8 Å². The van der Waals surface area contributed by atoms with Gasteiger partial charge in [-0.1, -0.05) is 11.3 Å². The molecule has 3 heterocycles. The number of benzene rings is 2. The lowest BCUT2D eigenvalue weighted by Gasteiger charge is -2.36. The highest BCUT2D eigenvalue weighted by molar-refractivity contribution is 7.18. The lowest BCUT2D eigenvalue weighted by Crippen LogP contribution is -2.41. The third-order valence-electron chi connectivity index (χ3n) is 8.43. The maximum absolute atomic E-state index is 16.0. The number of thiophene rings is 1. The van der Waals surface area contributed by atoms with Gasteiger partial charge in [-0.3, -0.25) is 4.79 Å². The number of carbonyl (C=O) groups excluding carboxylic acids is 2. The van der Waals surface area contributed by atoms with E-state index < -0.39 is 34.7 Å². The van der Waals surface area contributed by atoms with Gasteiger partial charge in [0.05, 0.1) is 22.6 Å². The van der Waals surface area contributed by atoms with Crippen molar-refractivity contribution in [2.24, 2.45) is 0 Å². The Bertz CT molecular complexity index is 1920. The van der Waals surface area contributed by atoms with Gasteiger partial charge in [-0.2, -0.15) is 5.26 Å². The summed E-state index contributed by atoms with van der Waals surface area (Å²) in [4.78, 5) is 30.0. The monoisotopic (exact) mass is 666 g/mol. The van der Waals surface area contributed by atoms with Crippen molar-refractivity contribution < 1.29 is 32.6 Å². The van der Waals surface area contributed by atoms with E-state index in [1.54, 1.807) is 36.6 Å². The molecule has 0 unspecified atom stereocenters. The molecule has 10 nitrogen and oxygen atoms in total. The molecule has 0 spiro atoms. The summed E-state index contributed by atoms with van der Waals surface area (Å²) in [6.07, 6.45) is 1.88. The average Bonchev–Trinajstić information content (AvgIpc) is 3.53. The molecule has 246 valence electrons. The normalized spacial score (nSPS) is 16.5. The van der Waals surface area contributed by atoms with Gasteiger partial charge in [-0.05, 0) is 76.3 Å². The molecule has 2 amide bonds. The maximum Gasteiger partial charge on any atom is 0.410 e. The van der Waals surface area contributed by atoms with Gasteiger partial charge in [0.2, 0.25) is 0 Å². The number of nitriles is 1. The Morgan fingerprint density at radius 3 is 2.40 bits per heavy atom. The van der Waals surface area contributed by atoms with Crippen LogP contribution in [0.1, 0.15) is 61.7 Å². The molecule has 2 aliphatic rings. The predicted octanol–water partition coefficient (Wildman–Crippen LogP) is 6.11. The summed E-state index contributed by atoms with van der Waals surface area (Å²) in [7, 11) is 0. The molecule has 6 rings (SSSR count). The van der Waals surface area contributed by atoms with E-state index in [9.17, 15) is 24.3 Å². The Morgan fingerprint density at radius 1 is 1.02 bits per heavy atom. The summed E-state index contributed by atoms with van der Waals surface area (Å²) in [6.45, 7) is 6.50. The summed E-state index contributed by atoms with van der Waals surface area (Å²) >= 11 is 0.922. The lowest BCUT2D eigenvalue weighted by molar-refractivity contribution is -0.0493. The number of halogens is 3. The number of aliphatic hydroxyl groups is 1. The fraction of sp³-hybridized carbons (Fsp3) is 0.424. The highest BCUT2D eigenvalue weighted by atomic mass is 32.1. The molecule has 2 fully saturated rings. The van der Waals surface area contributed by atoms with Crippen molar-refractivity contribution in [1.29, 1.82) is 5.26 Å². The number of aromatic nitrogens is 3. The second kappa shape index (κ2) is 12.3. The second-order valence-electron chi connectivity index (χ2n) is 13.0. The zero-order valence-electron chi connectivity index (χ0n) is 26.1. The summed E-state index contributed by atoms with van der Waals surface area (Å²) in [5.41, 5.74) is -1.73. The van der Waals surface area contributed by atoms with Crippen molar-refractivity contribution in [1.82, 2.24) is 24.8 Å². The molecule has 1 saturated carbocycles. The van der Waals surface area contributed by atoms with Crippen molar-refractivity contribution in [3.8, 4) is 27.6 Å². The Kier molecular flexibility index (Phi) is 8.48. The molecule has 2 aromatic carbocycles. The molecule has 1 aliphatic carbocycles. The van der Waals surface area contributed by atoms with Gasteiger partial charge in [0.15, 0.2) is 11.6 Å². The quantitative estimate of drug-likeness (QED) is 0.272. The fourth-order valence-electron chi connectivity index (χ4n) is 5.84. The average molecular weight is 667 g/mol. The van der Waals surface area contributed by atoms with E-state index in [1.165, 1.54) is 24.3 Å². The summed E-state index contributed by atoms with van der Waals surface area (Å²) in [5.74, 6) is -3.60. The first kappa shape index (κ1) is 32.5. The van der Waals surface area contributed by atoms with Gasteiger partial charge < -0.3 is 19.6 Å². The van der Waals surface area contributed by atoms with Crippen LogP contribution >= 0.6 is 11.3 Å². The van der Waals surface area contributed by atoms with Gasteiger partial charge in [-0.25, -0.2) is 22.6 Å². The number of ether oxygens (including phenoxy) is 1. The number of carbonyl (C=O) groups is 2. The van der Waals surface area contributed by atoms with Crippen LogP contribution in [0.3, 0.4) is 0 Å². The molecule has 1 aliphatic heterocycles. The summed E-state index contributed by atoms with van der Waals surface area (Å²) < 4.78 is 53.2. The van der Waals surface area contributed by atoms with E-state index in [4.69, 9.17) is 4.74 Å². The van der Waals surface area contributed by atoms with Crippen LogP contribution in [0.2, 0.25) is 0 Å². The molecule has 0 atom stereocenters. The molecule has 14 heteroatoms. The number of amides is 2. The first-order chi connectivity index (χ1) is 22.3. The minimum atomic E-state index is -1.21. The van der Waals surface area contributed by atoms with Crippen LogP contribution < -0.4 is 0 Å². The maximum atomic E-state index is 16.0. The van der Waals surface area contributed by atoms with Crippen molar-refractivity contribution in [2.45, 2.75) is 64.2 Å². The highest BCUT2D eigenvalue weighted by Gasteiger charge is 2.36. The zero-order valence-corrected chi connectivity index (χ0v) is 27.0. The number of nitrogens with zero attached hydrogens (tertiary/aromatic N) is 6. The minimum absolute atomic E-state index is 0.0339. The SMILES string of the molecule is CC(C)(C)OC(=O)N1CCCN(C(=O)c2cc(-c3ccc(C#N)c(F)c3)c(-c3cc4nnn(CC5(O)CCC5)c4c(F)c3F)s2)CC1. The van der Waals surface area contributed by atoms with E-state index >= 15 is 8.78 Å². The van der Waals surface area contributed by atoms with Gasteiger partial charge >= 0.3 is 6.09 Å². The smallest absolute Gasteiger partial charge is 0.410 e. The molecule has 47 heavy (non-hydrogen) atoms. The van der Waals surface area contributed by atoms with Gasteiger partial charge in [0.1, 0.15) is 28.5 Å². The molecule has 0 bridgehead atoms. The highest BCUT2D eigenvalue weighted by Crippen LogP contribution is 2.43. The van der Waals surface area contributed by atoms with Crippen molar-refractivity contribution in [2.75, 3.05) is 26.2 Å². The van der Waals surface area contributed by atoms with Crippen molar-refractivity contribution in [3.63, 3.8) is 0 Å². The standard InChI is InChI=1S/C33H33F3N6O4S/c1-32(2,3)46-31(44)41-11-5-10-40(12-13-41)30(43)25-16-21(19-6-7-20(17-37)23(34)14-19)29(47-25)22-15-24-28(27(36)26(22)35)42(39-38-24)18-33(45)8-4-9-33/h6-7,14-16,45H,4-5,8-13,18H2,1-3H3. The number of fused-ring (bicyclic) bond motifs is 1. The van der Waals surface area contributed by atoms with Gasteiger partial charge in [0.25, 0.3) is 5.91 Å². The molecular weight excluding hydrogens is 633 g/mol. The molecular formula is C33H33F3N6O4S. The van der Waals surface area contributed by atoms with Crippen LogP contribution in [0.4, 0.5) is 18.0 Å². The van der Waals surface area contributed by atoms with E-state index in [2.05, 4.69) is 10.3 Å². The number of hydrogen-bond acceptors (Lipinski definition) is 8. The van der Waals surface area contributed by atoms with Crippen molar-refractivity contribution in [3.05, 3.63) is 58.2 Å². The van der Waals surface area contributed by atoms with Gasteiger partial charge in [-0.15, -0.1) is 16.4 Å². The minimum Gasteiger partial charge on any atom is -0.444 e. The van der Waals surface area contributed by atoms with Crippen LogP contribution in [-0.2, 0) is 11.3 Å². The largest absolute Gasteiger partial charge is 0.444 e. The van der Waals surface area contributed by atoms with E-state index in [-0.39, 0.29) is 68.6 Å². The summed E-state index contributed by atoms with van der Waals surface area (Å²) in [6, 6.07) is 8.48. The zero-order chi connectivity index (χ0) is 33.7. The first-order valence-corrected chi connectivity index (χ1v) is 16.1. The number of rotatable bonds is 5. The lowest BCUT2D eigenvalue weighted by atomic mass is 9.80. The summed E-state index contributed by atoms with van der Waals surface area (Å²) in [5, 5.41) is 27.9. The fourth-order valence-corrected chi connectivity index (χ4v) is 7.00. The predicted molar refractivity (Wildman–Crippen MR) is 168 cm³/mol. The second-order valence-corrected chi connectivity index (χ2v) is 14.1. The van der Waals surface area contributed by atoms with E-state index in [1.807, 2.05) is 0 Å². The molecule has 4 aromatic rings.